The zero-order chi connectivity index (χ0) is 19.5. The fourth-order valence-corrected chi connectivity index (χ4v) is 3.82. The standard InChI is InChI=1S/C22H24N4O2/c1-25-12-10-17(11-13-25)18-8-5-9-20-19(18)15-23-26(20)21(22(27)24-28)14-16-6-3-2-4-7-16/h2-10,15,21,28H,11-14H2,1H3,(H,24,27). The third kappa shape index (κ3) is 3.56. The Morgan fingerprint density at radius 3 is 2.75 bits per heavy atom. The molecular weight excluding hydrogens is 352 g/mol. The molecule has 4 rings (SSSR count). The number of hydroxylamine groups is 1. The van der Waals surface area contributed by atoms with Crippen molar-refractivity contribution < 1.29 is 10.0 Å². The van der Waals surface area contributed by atoms with E-state index in [1.165, 1.54) is 11.1 Å². The van der Waals surface area contributed by atoms with E-state index >= 15 is 0 Å². The molecule has 0 aliphatic carbocycles. The lowest BCUT2D eigenvalue weighted by atomic mass is 9.96. The Kier molecular flexibility index (Phi) is 5.23. The molecule has 2 heterocycles. The van der Waals surface area contributed by atoms with E-state index in [4.69, 9.17) is 0 Å². The van der Waals surface area contributed by atoms with Crippen LogP contribution in [0.15, 0.2) is 60.8 Å². The lowest BCUT2D eigenvalue weighted by Crippen LogP contribution is -2.32. The van der Waals surface area contributed by atoms with Gasteiger partial charge in [-0.3, -0.25) is 14.7 Å². The summed E-state index contributed by atoms with van der Waals surface area (Å²) in [4.78, 5) is 14.7. The van der Waals surface area contributed by atoms with E-state index in [2.05, 4.69) is 29.2 Å². The number of hydrogen-bond donors (Lipinski definition) is 2. The van der Waals surface area contributed by atoms with Crippen molar-refractivity contribution in [1.82, 2.24) is 20.2 Å². The van der Waals surface area contributed by atoms with Gasteiger partial charge in [0.1, 0.15) is 6.04 Å². The molecule has 0 saturated carbocycles. The Balaban J connectivity index is 1.75. The van der Waals surface area contributed by atoms with E-state index in [9.17, 15) is 10.0 Å². The van der Waals surface area contributed by atoms with Crippen molar-refractivity contribution in [2.75, 3.05) is 20.1 Å². The molecule has 3 aromatic rings. The number of carbonyl (C=O) groups excluding carboxylic acids is 1. The maximum atomic E-state index is 12.4. The van der Waals surface area contributed by atoms with Crippen LogP contribution in [0.2, 0.25) is 0 Å². The zero-order valence-corrected chi connectivity index (χ0v) is 15.9. The van der Waals surface area contributed by atoms with Gasteiger partial charge in [-0.15, -0.1) is 0 Å². The smallest absolute Gasteiger partial charge is 0.268 e. The van der Waals surface area contributed by atoms with E-state index in [0.29, 0.717) is 6.42 Å². The predicted molar refractivity (Wildman–Crippen MR) is 109 cm³/mol. The van der Waals surface area contributed by atoms with Crippen molar-refractivity contribution in [3.8, 4) is 0 Å². The molecule has 2 N–H and O–H groups in total. The van der Waals surface area contributed by atoms with Gasteiger partial charge in [0.05, 0.1) is 11.7 Å². The first kappa shape index (κ1) is 18.4. The minimum atomic E-state index is -0.633. The zero-order valence-electron chi connectivity index (χ0n) is 15.9. The highest BCUT2D eigenvalue weighted by molar-refractivity contribution is 5.93. The van der Waals surface area contributed by atoms with Crippen molar-refractivity contribution in [1.29, 1.82) is 0 Å². The summed E-state index contributed by atoms with van der Waals surface area (Å²) < 4.78 is 1.72. The maximum Gasteiger partial charge on any atom is 0.268 e. The lowest BCUT2D eigenvalue weighted by Gasteiger charge is -2.22. The van der Waals surface area contributed by atoms with Crippen LogP contribution in [0.1, 0.15) is 23.6 Å². The minimum Gasteiger partial charge on any atom is -0.302 e. The van der Waals surface area contributed by atoms with E-state index < -0.39 is 11.9 Å². The number of benzene rings is 2. The molecule has 2 aromatic carbocycles. The molecule has 144 valence electrons. The third-order valence-corrected chi connectivity index (χ3v) is 5.38. The van der Waals surface area contributed by atoms with Crippen LogP contribution >= 0.6 is 0 Å². The van der Waals surface area contributed by atoms with Crippen molar-refractivity contribution >= 4 is 22.4 Å². The van der Waals surface area contributed by atoms with Gasteiger partial charge in [-0.25, -0.2) is 5.48 Å². The Hall–Kier alpha value is -2.96. The van der Waals surface area contributed by atoms with Gasteiger partial charge in [0, 0.05) is 24.9 Å². The Morgan fingerprint density at radius 2 is 2.04 bits per heavy atom. The highest BCUT2D eigenvalue weighted by atomic mass is 16.5. The molecule has 6 heteroatoms. The van der Waals surface area contributed by atoms with Crippen molar-refractivity contribution in [2.45, 2.75) is 18.9 Å². The second-order valence-corrected chi connectivity index (χ2v) is 7.25. The first-order chi connectivity index (χ1) is 13.7. The second-order valence-electron chi connectivity index (χ2n) is 7.25. The molecule has 1 unspecified atom stereocenters. The van der Waals surface area contributed by atoms with E-state index in [1.54, 1.807) is 10.2 Å². The topological polar surface area (TPSA) is 70.4 Å². The van der Waals surface area contributed by atoms with Gasteiger partial charge in [-0.1, -0.05) is 48.5 Å². The second kappa shape index (κ2) is 7.96. The number of hydrogen-bond acceptors (Lipinski definition) is 4. The van der Waals surface area contributed by atoms with Crippen LogP contribution in [0.3, 0.4) is 0 Å². The number of nitrogens with one attached hydrogen (secondary N) is 1. The van der Waals surface area contributed by atoms with Crippen LogP contribution in [-0.2, 0) is 11.2 Å². The van der Waals surface area contributed by atoms with Gasteiger partial charge in [0.2, 0.25) is 0 Å². The molecule has 0 saturated heterocycles. The third-order valence-electron chi connectivity index (χ3n) is 5.38. The Labute approximate surface area is 164 Å². The molecule has 0 bridgehead atoms. The van der Waals surface area contributed by atoms with E-state index in [0.717, 1.165) is 36.0 Å². The average Bonchev–Trinajstić information content (AvgIpc) is 3.17. The highest BCUT2D eigenvalue weighted by Gasteiger charge is 2.24. The Morgan fingerprint density at radius 1 is 1.21 bits per heavy atom. The van der Waals surface area contributed by atoms with Crippen LogP contribution in [-0.4, -0.2) is 45.9 Å². The van der Waals surface area contributed by atoms with Gasteiger partial charge < -0.3 is 4.90 Å². The van der Waals surface area contributed by atoms with Gasteiger partial charge >= 0.3 is 0 Å². The minimum absolute atomic E-state index is 0.446. The number of likely N-dealkylation sites (N-methyl/N-ethyl adjacent to an activating group) is 1. The summed E-state index contributed by atoms with van der Waals surface area (Å²) in [6, 6.07) is 15.2. The molecule has 0 fully saturated rings. The number of aromatic nitrogens is 2. The normalized spacial score (nSPS) is 16.0. The van der Waals surface area contributed by atoms with Gasteiger partial charge in [-0.05, 0) is 36.2 Å². The van der Waals surface area contributed by atoms with Crippen LogP contribution in [0, 0.1) is 0 Å². The van der Waals surface area contributed by atoms with Gasteiger partial charge in [0.15, 0.2) is 0 Å². The summed E-state index contributed by atoms with van der Waals surface area (Å²) in [6.45, 7) is 1.96. The SMILES string of the molecule is CN1CC=C(c2cccc3c2cnn3C(Cc2ccccc2)C(=O)NO)CC1. The fourth-order valence-electron chi connectivity index (χ4n) is 3.82. The number of carbonyl (C=O) groups is 1. The molecule has 6 nitrogen and oxygen atoms in total. The molecule has 0 radical (unpaired) electrons. The highest BCUT2D eigenvalue weighted by Crippen LogP contribution is 2.30. The number of fused-ring (bicyclic) bond motifs is 1. The first-order valence-electron chi connectivity index (χ1n) is 9.49. The number of nitrogens with zero attached hydrogens (tertiary/aromatic N) is 3. The summed E-state index contributed by atoms with van der Waals surface area (Å²) in [5.41, 5.74) is 6.18. The number of rotatable bonds is 5. The molecule has 1 aliphatic rings. The quantitative estimate of drug-likeness (QED) is 0.530. The largest absolute Gasteiger partial charge is 0.302 e. The first-order valence-corrected chi connectivity index (χ1v) is 9.49. The summed E-state index contributed by atoms with van der Waals surface area (Å²) in [6.07, 6.45) is 5.52. The fraction of sp³-hybridized carbons (Fsp3) is 0.273. The van der Waals surface area contributed by atoms with Crippen LogP contribution in [0.5, 0.6) is 0 Å². The van der Waals surface area contributed by atoms with Crippen molar-refractivity contribution in [2.24, 2.45) is 0 Å². The Bertz CT molecular complexity index is 1010. The molecule has 1 aliphatic heterocycles. The number of amides is 1. The molecule has 1 aromatic heterocycles. The van der Waals surface area contributed by atoms with Crippen molar-refractivity contribution in [3.63, 3.8) is 0 Å². The van der Waals surface area contributed by atoms with Crippen LogP contribution < -0.4 is 5.48 Å². The maximum absolute atomic E-state index is 12.4. The molecular formula is C22H24N4O2. The molecule has 1 amide bonds. The summed E-state index contributed by atoms with van der Waals surface area (Å²) in [5.74, 6) is -0.474. The van der Waals surface area contributed by atoms with E-state index in [-0.39, 0.29) is 0 Å². The average molecular weight is 376 g/mol. The monoisotopic (exact) mass is 376 g/mol. The van der Waals surface area contributed by atoms with E-state index in [1.807, 2.05) is 48.7 Å². The molecule has 28 heavy (non-hydrogen) atoms. The van der Waals surface area contributed by atoms with Crippen LogP contribution in [0.25, 0.3) is 16.5 Å². The van der Waals surface area contributed by atoms with Gasteiger partial charge in [-0.2, -0.15) is 5.10 Å². The summed E-state index contributed by atoms with van der Waals surface area (Å²) in [7, 11) is 2.12. The molecule has 1 atom stereocenters. The summed E-state index contributed by atoms with van der Waals surface area (Å²) >= 11 is 0. The molecule has 0 spiro atoms. The predicted octanol–water partition coefficient (Wildman–Crippen LogP) is 3.04. The lowest BCUT2D eigenvalue weighted by molar-refractivity contribution is -0.132. The van der Waals surface area contributed by atoms with Gasteiger partial charge in [0.25, 0.3) is 5.91 Å². The summed E-state index contributed by atoms with van der Waals surface area (Å²) in [5, 5.41) is 14.9. The van der Waals surface area contributed by atoms with Crippen LogP contribution in [0.4, 0.5) is 0 Å². The van der Waals surface area contributed by atoms with Crippen molar-refractivity contribution in [3.05, 3.63) is 71.9 Å².